The molecule has 0 unspecified atom stereocenters. The minimum absolute atomic E-state index is 0.171. The van der Waals surface area contributed by atoms with E-state index in [1.807, 2.05) is 6.92 Å². The average Bonchev–Trinajstić information content (AvgIpc) is 2.49. The van der Waals surface area contributed by atoms with E-state index in [2.05, 4.69) is 10.3 Å². The Morgan fingerprint density at radius 2 is 2.00 bits per heavy atom. The molecule has 110 valence electrons. The molecular formula is C14H20N2O4. The molecule has 6 heteroatoms. The minimum Gasteiger partial charge on any atom is -0.464 e. The zero-order valence-electron chi connectivity index (χ0n) is 11.6. The summed E-state index contributed by atoms with van der Waals surface area (Å²) in [6.07, 6.45) is 4.08. The molecule has 0 saturated carbocycles. The van der Waals surface area contributed by atoms with Gasteiger partial charge in [0.25, 0.3) is 5.91 Å². The van der Waals surface area contributed by atoms with Gasteiger partial charge in [-0.25, -0.2) is 0 Å². The third-order valence-corrected chi connectivity index (χ3v) is 2.47. The zero-order valence-corrected chi connectivity index (χ0v) is 11.6. The van der Waals surface area contributed by atoms with Gasteiger partial charge in [-0.15, -0.1) is 0 Å². The van der Waals surface area contributed by atoms with Crippen molar-refractivity contribution in [2.75, 3.05) is 26.4 Å². The number of hydrogen-bond donors (Lipinski definition) is 1. The third kappa shape index (κ3) is 6.84. The molecule has 0 spiro atoms. The van der Waals surface area contributed by atoms with Crippen molar-refractivity contribution in [3.8, 4) is 0 Å². The van der Waals surface area contributed by atoms with Gasteiger partial charge in [0.05, 0.1) is 6.54 Å². The van der Waals surface area contributed by atoms with Gasteiger partial charge < -0.3 is 14.8 Å². The van der Waals surface area contributed by atoms with E-state index < -0.39 is 0 Å². The summed E-state index contributed by atoms with van der Waals surface area (Å²) in [6.45, 7) is 3.58. The Morgan fingerprint density at radius 1 is 1.25 bits per heavy atom. The maximum Gasteiger partial charge on any atom is 0.305 e. The predicted molar refractivity (Wildman–Crippen MR) is 73.3 cm³/mol. The van der Waals surface area contributed by atoms with Gasteiger partial charge in [0, 0.05) is 37.6 Å². The van der Waals surface area contributed by atoms with E-state index in [0.29, 0.717) is 38.2 Å². The lowest BCUT2D eigenvalue weighted by atomic mass is 10.2. The molecule has 0 saturated heterocycles. The number of carbonyl (C=O) groups excluding carboxylic acids is 2. The second-order valence-electron chi connectivity index (χ2n) is 4.01. The molecule has 0 aliphatic rings. The maximum atomic E-state index is 11.6. The van der Waals surface area contributed by atoms with E-state index in [9.17, 15) is 9.59 Å². The summed E-state index contributed by atoms with van der Waals surface area (Å²) >= 11 is 0. The van der Waals surface area contributed by atoms with Gasteiger partial charge in [-0.2, -0.15) is 0 Å². The minimum atomic E-state index is -0.275. The highest BCUT2D eigenvalue weighted by Crippen LogP contribution is 1.96. The van der Waals surface area contributed by atoms with Crippen LogP contribution in [-0.4, -0.2) is 43.2 Å². The Balaban J connectivity index is 2.07. The summed E-state index contributed by atoms with van der Waals surface area (Å²) in [5, 5.41) is 2.66. The first-order valence-corrected chi connectivity index (χ1v) is 6.65. The fourth-order valence-electron chi connectivity index (χ4n) is 1.47. The van der Waals surface area contributed by atoms with E-state index >= 15 is 0 Å². The van der Waals surface area contributed by atoms with Crippen LogP contribution < -0.4 is 5.32 Å². The molecule has 1 amide bonds. The highest BCUT2D eigenvalue weighted by atomic mass is 16.5. The van der Waals surface area contributed by atoms with Crippen molar-refractivity contribution >= 4 is 11.9 Å². The first-order valence-electron chi connectivity index (χ1n) is 6.65. The van der Waals surface area contributed by atoms with Gasteiger partial charge in [-0.05, 0) is 25.5 Å². The van der Waals surface area contributed by atoms with Crippen molar-refractivity contribution < 1.29 is 19.1 Å². The molecule has 1 N–H and O–H groups in total. The molecule has 1 aromatic rings. The van der Waals surface area contributed by atoms with Crippen LogP contribution in [0.3, 0.4) is 0 Å². The third-order valence-electron chi connectivity index (χ3n) is 2.47. The number of carbonyl (C=O) groups is 2. The van der Waals surface area contributed by atoms with Crippen molar-refractivity contribution in [2.24, 2.45) is 0 Å². The lowest BCUT2D eigenvalue weighted by molar-refractivity contribution is -0.143. The predicted octanol–water partition coefficient (Wildman–Crippen LogP) is 1.17. The second kappa shape index (κ2) is 9.91. The first-order chi connectivity index (χ1) is 9.74. The van der Waals surface area contributed by atoms with Gasteiger partial charge in [0.15, 0.2) is 0 Å². The number of rotatable bonds is 9. The Bertz CT molecular complexity index is 409. The Kier molecular flexibility index (Phi) is 7.98. The van der Waals surface area contributed by atoms with Gasteiger partial charge in [0.1, 0.15) is 6.61 Å². The number of pyridine rings is 1. The zero-order chi connectivity index (χ0) is 14.6. The fourth-order valence-corrected chi connectivity index (χ4v) is 1.47. The lowest BCUT2D eigenvalue weighted by Gasteiger charge is -2.06. The normalized spacial score (nSPS) is 10.1. The van der Waals surface area contributed by atoms with Gasteiger partial charge in [0.2, 0.25) is 0 Å². The highest BCUT2D eigenvalue weighted by Gasteiger charge is 2.05. The quantitative estimate of drug-likeness (QED) is 0.543. The summed E-state index contributed by atoms with van der Waals surface area (Å²) in [5.41, 5.74) is 0.531. The molecule has 6 nitrogen and oxygen atoms in total. The molecule has 0 aromatic carbocycles. The largest absolute Gasteiger partial charge is 0.464 e. The Hall–Kier alpha value is -1.95. The van der Waals surface area contributed by atoms with Crippen molar-refractivity contribution in [3.63, 3.8) is 0 Å². The number of esters is 1. The molecule has 1 aromatic heterocycles. The Labute approximate surface area is 118 Å². The SMILES string of the molecule is CCOCCCC(=O)OCCNC(=O)c1ccncc1. The smallest absolute Gasteiger partial charge is 0.305 e. The van der Waals surface area contributed by atoms with Crippen molar-refractivity contribution in [1.29, 1.82) is 0 Å². The number of amides is 1. The van der Waals surface area contributed by atoms with Crippen LogP contribution in [0.1, 0.15) is 30.1 Å². The average molecular weight is 280 g/mol. The number of aromatic nitrogens is 1. The summed E-state index contributed by atoms with van der Waals surface area (Å²) in [7, 11) is 0. The van der Waals surface area contributed by atoms with Gasteiger partial charge >= 0.3 is 5.97 Å². The van der Waals surface area contributed by atoms with Crippen LogP contribution in [0.25, 0.3) is 0 Å². The van der Waals surface area contributed by atoms with Gasteiger partial charge in [-0.3, -0.25) is 14.6 Å². The molecule has 1 rings (SSSR count). The first kappa shape index (κ1) is 16.1. The Morgan fingerprint density at radius 3 is 2.70 bits per heavy atom. The number of nitrogens with zero attached hydrogens (tertiary/aromatic N) is 1. The summed E-state index contributed by atoms with van der Waals surface area (Å²) < 4.78 is 10.1. The van der Waals surface area contributed by atoms with Crippen LogP contribution in [0.2, 0.25) is 0 Å². The summed E-state index contributed by atoms with van der Waals surface area (Å²) in [6, 6.07) is 3.24. The molecule has 20 heavy (non-hydrogen) atoms. The number of nitrogens with one attached hydrogen (secondary N) is 1. The molecule has 0 bridgehead atoms. The fraction of sp³-hybridized carbons (Fsp3) is 0.500. The maximum absolute atomic E-state index is 11.6. The summed E-state index contributed by atoms with van der Waals surface area (Å²) in [4.78, 5) is 26.8. The monoisotopic (exact) mass is 280 g/mol. The van der Waals surface area contributed by atoms with E-state index in [0.717, 1.165) is 0 Å². The summed E-state index contributed by atoms with van der Waals surface area (Å²) in [5.74, 6) is -0.484. The van der Waals surface area contributed by atoms with E-state index in [1.165, 1.54) is 0 Å². The lowest BCUT2D eigenvalue weighted by Crippen LogP contribution is -2.28. The van der Waals surface area contributed by atoms with E-state index in [-0.39, 0.29) is 18.5 Å². The van der Waals surface area contributed by atoms with Crippen LogP contribution in [0.5, 0.6) is 0 Å². The van der Waals surface area contributed by atoms with Crippen LogP contribution in [0.4, 0.5) is 0 Å². The van der Waals surface area contributed by atoms with Crippen LogP contribution in [0, 0.1) is 0 Å². The van der Waals surface area contributed by atoms with E-state index in [4.69, 9.17) is 9.47 Å². The highest BCUT2D eigenvalue weighted by molar-refractivity contribution is 5.93. The van der Waals surface area contributed by atoms with E-state index in [1.54, 1.807) is 24.5 Å². The topological polar surface area (TPSA) is 77.5 Å². The van der Waals surface area contributed by atoms with Crippen LogP contribution in [-0.2, 0) is 14.3 Å². The standard InChI is InChI=1S/C14H20N2O4/c1-2-19-10-3-4-13(17)20-11-9-16-14(18)12-5-7-15-8-6-12/h5-8H,2-4,9-11H2,1H3,(H,16,18). The van der Waals surface area contributed by atoms with Crippen LogP contribution in [0.15, 0.2) is 24.5 Å². The molecule has 0 atom stereocenters. The molecule has 0 aliphatic heterocycles. The van der Waals surface area contributed by atoms with Crippen molar-refractivity contribution in [3.05, 3.63) is 30.1 Å². The number of ether oxygens (including phenoxy) is 2. The van der Waals surface area contributed by atoms with Crippen molar-refractivity contribution in [1.82, 2.24) is 10.3 Å². The van der Waals surface area contributed by atoms with Crippen molar-refractivity contribution in [2.45, 2.75) is 19.8 Å². The molecule has 0 radical (unpaired) electrons. The molecule has 1 heterocycles. The number of hydrogen-bond acceptors (Lipinski definition) is 5. The second-order valence-corrected chi connectivity index (χ2v) is 4.01. The van der Waals surface area contributed by atoms with Gasteiger partial charge in [-0.1, -0.05) is 0 Å². The van der Waals surface area contributed by atoms with Crippen LogP contribution >= 0.6 is 0 Å². The molecule has 0 aliphatic carbocycles. The molecular weight excluding hydrogens is 260 g/mol. The molecule has 0 fully saturated rings.